The van der Waals surface area contributed by atoms with E-state index in [-0.39, 0.29) is 11.2 Å². The Morgan fingerprint density at radius 1 is 1.30 bits per heavy atom. The molecular formula is C13H18N4O2S. The topological polar surface area (TPSA) is 61.8 Å². The van der Waals surface area contributed by atoms with E-state index in [1.807, 2.05) is 4.57 Å². The molecule has 0 aliphatic carbocycles. The van der Waals surface area contributed by atoms with Crippen molar-refractivity contribution in [1.82, 2.24) is 18.7 Å². The summed E-state index contributed by atoms with van der Waals surface area (Å²) in [5, 5.41) is 1.06. The fourth-order valence-electron chi connectivity index (χ4n) is 2.03. The second-order valence-corrected chi connectivity index (χ2v) is 6.38. The SMILES string of the molecule is C=CCn1c(SC(C)C)nc2c1c(=O)n(C)c(=O)n2C. The van der Waals surface area contributed by atoms with Crippen LogP contribution in [0.5, 0.6) is 0 Å². The molecule has 6 nitrogen and oxygen atoms in total. The number of imidazole rings is 1. The molecule has 0 aromatic carbocycles. The molecule has 0 unspecified atom stereocenters. The average molecular weight is 294 g/mol. The smallest absolute Gasteiger partial charge is 0.309 e. The molecule has 0 radical (unpaired) electrons. The first-order valence-corrected chi connectivity index (χ1v) is 7.20. The summed E-state index contributed by atoms with van der Waals surface area (Å²) < 4.78 is 4.32. The Hall–Kier alpha value is -1.76. The Balaban J connectivity index is 2.91. The van der Waals surface area contributed by atoms with Gasteiger partial charge < -0.3 is 4.57 Å². The average Bonchev–Trinajstić information content (AvgIpc) is 2.73. The molecule has 20 heavy (non-hydrogen) atoms. The van der Waals surface area contributed by atoms with Gasteiger partial charge in [0.05, 0.1) is 0 Å². The van der Waals surface area contributed by atoms with Crippen molar-refractivity contribution in [2.45, 2.75) is 30.8 Å². The summed E-state index contributed by atoms with van der Waals surface area (Å²) in [5.74, 6) is 0. The predicted molar refractivity (Wildman–Crippen MR) is 81.4 cm³/mol. The highest BCUT2D eigenvalue weighted by Crippen LogP contribution is 2.25. The van der Waals surface area contributed by atoms with Crippen molar-refractivity contribution in [3.8, 4) is 0 Å². The Morgan fingerprint density at radius 2 is 1.95 bits per heavy atom. The molecule has 108 valence electrons. The van der Waals surface area contributed by atoms with Gasteiger partial charge in [-0.25, -0.2) is 9.78 Å². The zero-order valence-electron chi connectivity index (χ0n) is 12.1. The molecule has 7 heteroatoms. The van der Waals surface area contributed by atoms with E-state index in [2.05, 4.69) is 25.4 Å². The van der Waals surface area contributed by atoms with Gasteiger partial charge in [-0.05, 0) is 0 Å². The molecule has 0 bridgehead atoms. The zero-order valence-corrected chi connectivity index (χ0v) is 12.9. The first kappa shape index (κ1) is 14.6. The summed E-state index contributed by atoms with van der Waals surface area (Å²) >= 11 is 1.56. The maximum absolute atomic E-state index is 12.3. The number of rotatable bonds is 4. The fourth-order valence-corrected chi connectivity index (χ4v) is 2.88. The minimum absolute atomic E-state index is 0.326. The third-order valence-electron chi connectivity index (χ3n) is 2.97. The van der Waals surface area contributed by atoms with Gasteiger partial charge in [-0.3, -0.25) is 13.9 Å². The third kappa shape index (κ3) is 2.22. The molecule has 0 amide bonds. The van der Waals surface area contributed by atoms with Crippen molar-refractivity contribution in [2.24, 2.45) is 14.1 Å². The van der Waals surface area contributed by atoms with Crippen molar-refractivity contribution in [1.29, 1.82) is 0 Å². The molecule has 0 saturated heterocycles. The van der Waals surface area contributed by atoms with Crippen LogP contribution in [0.25, 0.3) is 11.2 Å². The lowest BCUT2D eigenvalue weighted by Gasteiger charge is -2.07. The van der Waals surface area contributed by atoms with E-state index in [1.165, 1.54) is 11.6 Å². The molecule has 2 rings (SSSR count). The van der Waals surface area contributed by atoms with Crippen molar-refractivity contribution < 1.29 is 0 Å². The molecule has 0 spiro atoms. The van der Waals surface area contributed by atoms with E-state index < -0.39 is 0 Å². The van der Waals surface area contributed by atoms with E-state index in [0.717, 1.165) is 9.72 Å². The Bertz CT molecular complexity index is 782. The number of hydrogen-bond acceptors (Lipinski definition) is 4. The molecular weight excluding hydrogens is 276 g/mol. The zero-order chi connectivity index (χ0) is 15.0. The Morgan fingerprint density at radius 3 is 2.50 bits per heavy atom. The summed E-state index contributed by atoms with van der Waals surface area (Å²) in [6.07, 6.45) is 1.72. The quantitative estimate of drug-likeness (QED) is 0.626. The van der Waals surface area contributed by atoms with E-state index >= 15 is 0 Å². The number of fused-ring (bicyclic) bond motifs is 1. The van der Waals surface area contributed by atoms with Gasteiger partial charge in [0.15, 0.2) is 16.3 Å². The minimum atomic E-state index is -0.369. The van der Waals surface area contributed by atoms with Crippen molar-refractivity contribution in [3.63, 3.8) is 0 Å². The first-order valence-electron chi connectivity index (χ1n) is 6.32. The van der Waals surface area contributed by atoms with Crippen LogP contribution in [-0.2, 0) is 20.6 Å². The monoisotopic (exact) mass is 294 g/mol. The van der Waals surface area contributed by atoms with Crippen LogP contribution in [-0.4, -0.2) is 23.9 Å². The predicted octanol–water partition coefficient (Wildman–Crippen LogP) is 1.12. The lowest BCUT2D eigenvalue weighted by Crippen LogP contribution is -2.37. The molecule has 0 atom stereocenters. The summed E-state index contributed by atoms with van der Waals surface area (Å²) in [6.45, 7) is 8.31. The molecule has 0 saturated carbocycles. The highest BCUT2D eigenvalue weighted by molar-refractivity contribution is 7.99. The van der Waals surface area contributed by atoms with Crippen molar-refractivity contribution in [3.05, 3.63) is 33.5 Å². The summed E-state index contributed by atoms with van der Waals surface area (Å²) in [5.41, 5.74) is 0.167. The normalized spacial score (nSPS) is 11.4. The van der Waals surface area contributed by atoms with Crippen LogP contribution in [0.4, 0.5) is 0 Å². The van der Waals surface area contributed by atoms with Gasteiger partial charge in [-0.2, -0.15) is 0 Å². The van der Waals surface area contributed by atoms with Crippen LogP contribution in [0.2, 0.25) is 0 Å². The highest BCUT2D eigenvalue weighted by Gasteiger charge is 2.19. The second-order valence-electron chi connectivity index (χ2n) is 4.84. The second kappa shape index (κ2) is 5.32. The third-order valence-corrected chi connectivity index (χ3v) is 3.96. The lowest BCUT2D eigenvalue weighted by molar-refractivity contribution is 0.700. The number of aryl methyl sites for hydroxylation is 1. The van der Waals surface area contributed by atoms with Gasteiger partial charge in [-0.15, -0.1) is 6.58 Å². The van der Waals surface area contributed by atoms with Gasteiger partial charge in [0, 0.05) is 25.9 Å². The van der Waals surface area contributed by atoms with Crippen LogP contribution < -0.4 is 11.2 Å². The van der Waals surface area contributed by atoms with Crippen LogP contribution in [0.1, 0.15) is 13.8 Å². The molecule has 0 aliphatic rings. The number of hydrogen-bond donors (Lipinski definition) is 0. The van der Waals surface area contributed by atoms with E-state index in [0.29, 0.717) is 23.0 Å². The van der Waals surface area contributed by atoms with Crippen molar-refractivity contribution >= 4 is 22.9 Å². The standard InChI is InChI=1S/C13H18N4O2S/c1-6-7-17-9-10(14-12(17)20-8(2)3)15(4)13(19)16(5)11(9)18/h6,8H,1,7H2,2-5H3. The number of aromatic nitrogens is 4. The molecule has 0 N–H and O–H groups in total. The Labute approximate surface area is 120 Å². The van der Waals surface area contributed by atoms with Gasteiger partial charge in [0.1, 0.15) is 0 Å². The van der Waals surface area contributed by atoms with Gasteiger partial charge in [-0.1, -0.05) is 31.7 Å². The first-order chi connectivity index (χ1) is 9.38. The summed E-state index contributed by atoms with van der Waals surface area (Å²) in [6, 6.07) is 0. The maximum Gasteiger partial charge on any atom is 0.332 e. The van der Waals surface area contributed by atoms with E-state index in [1.54, 1.807) is 24.9 Å². The van der Waals surface area contributed by atoms with Crippen LogP contribution in [0, 0.1) is 0 Å². The molecule has 2 aromatic heterocycles. The Kier molecular flexibility index (Phi) is 3.89. The van der Waals surface area contributed by atoms with Crippen LogP contribution >= 0.6 is 11.8 Å². The van der Waals surface area contributed by atoms with Crippen molar-refractivity contribution in [2.75, 3.05) is 0 Å². The lowest BCUT2D eigenvalue weighted by atomic mass is 10.5. The minimum Gasteiger partial charge on any atom is -0.309 e. The van der Waals surface area contributed by atoms with E-state index in [9.17, 15) is 9.59 Å². The van der Waals surface area contributed by atoms with Gasteiger partial charge in [0.2, 0.25) is 0 Å². The summed E-state index contributed by atoms with van der Waals surface area (Å²) in [7, 11) is 3.10. The fraction of sp³-hybridized carbons (Fsp3) is 0.462. The summed E-state index contributed by atoms with van der Waals surface area (Å²) in [4.78, 5) is 28.8. The maximum atomic E-state index is 12.3. The largest absolute Gasteiger partial charge is 0.332 e. The van der Waals surface area contributed by atoms with Crippen LogP contribution in [0.15, 0.2) is 27.4 Å². The van der Waals surface area contributed by atoms with Gasteiger partial charge in [0.25, 0.3) is 5.56 Å². The number of allylic oxidation sites excluding steroid dienone is 1. The van der Waals surface area contributed by atoms with Crippen LogP contribution in [0.3, 0.4) is 0 Å². The molecule has 0 aliphatic heterocycles. The van der Waals surface area contributed by atoms with Gasteiger partial charge >= 0.3 is 5.69 Å². The number of thioether (sulfide) groups is 1. The molecule has 0 fully saturated rings. The van der Waals surface area contributed by atoms with E-state index in [4.69, 9.17) is 0 Å². The highest BCUT2D eigenvalue weighted by atomic mass is 32.2. The molecule has 2 heterocycles. The molecule has 2 aromatic rings. The number of nitrogens with zero attached hydrogens (tertiary/aromatic N) is 4.